The average molecular weight is 369 g/mol. The number of halogens is 1. The van der Waals surface area contributed by atoms with Crippen LogP contribution >= 0.6 is 15.9 Å². The first-order valence-corrected chi connectivity index (χ1v) is 8.23. The van der Waals surface area contributed by atoms with Crippen LogP contribution in [-0.2, 0) is 4.79 Å². The van der Waals surface area contributed by atoms with E-state index in [1.165, 1.54) is 4.90 Å². The Labute approximate surface area is 138 Å². The van der Waals surface area contributed by atoms with Crippen LogP contribution in [0.1, 0.15) is 26.7 Å². The molecule has 2 rings (SSSR count). The maximum atomic E-state index is 12.4. The van der Waals surface area contributed by atoms with Crippen molar-refractivity contribution in [2.24, 2.45) is 11.8 Å². The summed E-state index contributed by atoms with van der Waals surface area (Å²) in [5, 5.41) is 12.2. The van der Waals surface area contributed by atoms with Gasteiger partial charge in [0.15, 0.2) is 0 Å². The van der Waals surface area contributed by atoms with E-state index in [2.05, 4.69) is 21.2 Å². The molecule has 1 aromatic rings. The van der Waals surface area contributed by atoms with Gasteiger partial charge >= 0.3 is 6.09 Å². The van der Waals surface area contributed by atoms with Gasteiger partial charge in [-0.1, -0.05) is 29.8 Å². The van der Waals surface area contributed by atoms with Crippen molar-refractivity contribution in [2.45, 2.75) is 32.7 Å². The number of nitrogens with one attached hydrogen (secondary N) is 1. The molecule has 0 aromatic heterocycles. The Kier molecular flexibility index (Phi) is 5.45. The second-order valence-electron chi connectivity index (χ2n) is 6.00. The first-order chi connectivity index (χ1) is 10.4. The van der Waals surface area contributed by atoms with E-state index in [1.807, 2.05) is 38.1 Å². The van der Waals surface area contributed by atoms with Gasteiger partial charge in [0.2, 0.25) is 5.91 Å². The molecule has 2 amide bonds. The van der Waals surface area contributed by atoms with Gasteiger partial charge in [-0.25, -0.2) is 4.79 Å². The van der Waals surface area contributed by atoms with Crippen LogP contribution in [0.15, 0.2) is 28.7 Å². The zero-order valence-electron chi connectivity index (χ0n) is 12.8. The normalized spacial score (nSPS) is 21.7. The lowest BCUT2D eigenvalue weighted by Gasteiger charge is -2.39. The van der Waals surface area contributed by atoms with Crippen LogP contribution in [0, 0.1) is 11.8 Å². The molecule has 1 fully saturated rings. The van der Waals surface area contributed by atoms with Gasteiger partial charge in [0.05, 0.1) is 0 Å². The van der Waals surface area contributed by atoms with Gasteiger partial charge in [-0.2, -0.15) is 0 Å². The highest BCUT2D eigenvalue weighted by Gasteiger charge is 2.36. The van der Waals surface area contributed by atoms with E-state index in [-0.39, 0.29) is 23.8 Å². The SMILES string of the molecule is CC(C)C1CC(C(=O)Nc2ccc(Br)cc2)CCN1C(=O)O. The Balaban J connectivity index is 2.02. The quantitative estimate of drug-likeness (QED) is 0.852. The molecule has 5 nitrogen and oxygen atoms in total. The number of benzene rings is 1. The summed E-state index contributed by atoms with van der Waals surface area (Å²) in [6, 6.07) is 7.33. The summed E-state index contributed by atoms with van der Waals surface area (Å²) in [6.45, 7) is 4.40. The third-order valence-corrected chi connectivity index (χ3v) is 4.67. The molecule has 22 heavy (non-hydrogen) atoms. The van der Waals surface area contributed by atoms with Gasteiger partial charge < -0.3 is 15.3 Å². The Morgan fingerprint density at radius 3 is 2.50 bits per heavy atom. The molecule has 120 valence electrons. The minimum Gasteiger partial charge on any atom is -0.465 e. The molecule has 1 aliphatic heterocycles. The van der Waals surface area contributed by atoms with E-state index in [1.54, 1.807) is 0 Å². The summed E-state index contributed by atoms with van der Waals surface area (Å²) >= 11 is 3.36. The minimum absolute atomic E-state index is 0.0296. The first-order valence-electron chi connectivity index (χ1n) is 7.44. The van der Waals surface area contributed by atoms with Crippen molar-refractivity contribution in [3.05, 3.63) is 28.7 Å². The molecule has 0 radical (unpaired) electrons. The van der Waals surface area contributed by atoms with Gasteiger partial charge in [-0.15, -0.1) is 0 Å². The lowest BCUT2D eigenvalue weighted by atomic mass is 9.85. The first kappa shape index (κ1) is 16.8. The number of amides is 2. The lowest BCUT2D eigenvalue weighted by molar-refractivity contribution is -0.122. The van der Waals surface area contributed by atoms with Crippen LogP contribution in [0.25, 0.3) is 0 Å². The number of likely N-dealkylation sites (tertiary alicyclic amines) is 1. The third kappa shape index (κ3) is 4.00. The van der Waals surface area contributed by atoms with E-state index in [9.17, 15) is 14.7 Å². The molecule has 2 atom stereocenters. The number of nitrogens with zero attached hydrogens (tertiary/aromatic N) is 1. The van der Waals surface area contributed by atoms with E-state index in [0.717, 1.165) is 10.2 Å². The van der Waals surface area contributed by atoms with Crippen molar-refractivity contribution in [1.82, 2.24) is 4.90 Å². The van der Waals surface area contributed by atoms with Crippen molar-refractivity contribution in [3.8, 4) is 0 Å². The fourth-order valence-electron chi connectivity index (χ4n) is 2.88. The molecule has 2 N–H and O–H groups in total. The van der Waals surface area contributed by atoms with E-state index < -0.39 is 6.09 Å². The summed E-state index contributed by atoms with van der Waals surface area (Å²) in [6.07, 6.45) is 0.245. The number of carboxylic acid groups (broad SMARTS) is 1. The molecule has 0 aliphatic carbocycles. The lowest BCUT2D eigenvalue weighted by Crippen LogP contribution is -2.49. The number of piperidine rings is 1. The Hall–Kier alpha value is -1.56. The maximum Gasteiger partial charge on any atom is 0.407 e. The van der Waals surface area contributed by atoms with Gasteiger partial charge in [0.1, 0.15) is 0 Å². The molecular weight excluding hydrogens is 348 g/mol. The highest BCUT2D eigenvalue weighted by Crippen LogP contribution is 2.28. The van der Waals surface area contributed by atoms with Gasteiger partial charge in [-0.3, -0.25) is 4.79 Å². The summed E-state index contributed by atoms with van der Waals surface area (Å²) < 4.78 is 0.958. The summed E-state index contributed by atoms with van der Waals surface area (Å²) in [5.41, 5.74) is 0.759. The van der Waals surface area contributed by atoms with E-state index in [0.29, 0.717) is 19.4 Å². The van der Waals surface area contributed by atoms with Crippen molar-refractivity contribution in [3.63, 3.8) is 0 Å². The second-order valence-corrected chi connectivity index (χ2v) is 6.92. The van der Waals surface area contributed by atoms with Crippen LogP contribution in [0.3, 0.4) is 0 Å². The van der Waals surface area contributed by atoms with Crippen LogP contribution in [-0.4, -0.2) is 34.6 Å². The van der Waals surface area contributed by atoms with Crippen LogP contribution in [0.5, 0.6) is 0 Å². The fraction of sp³-hybridized carbons (Fsp3) is 0.500. The molecule has 1 heterocycles. The number of anilines is 1. The largest absolute Gasteiger partial charge is 0.465 e. The Morgan fingerprint density at radius 2 is 1.95 bits per heavy atom. The summed E-state index contributed by atoms with van der Waals surface area (Å²) in [5.74, 6) is 0.0176. The van der Waals surface area contributed by atoms with E-state index in [4.69, 9.17) is 0 Å². The van der Waals surface area contributed by atoms with Crippen LogP contribution in [0.4, 0.5) is 10.5 Å². The Bertz CT molecular complexity index is 545. The molecule has 1 aliphatic rings. The van der Waals surface area contributed by atoms with Gasteiger partial charge in [-0.05, 0) is 43.0 Å². The number of carbonyl (C=O) groups is 2. The standard InChI is InChI=1S/C16H21BrN2O3/c1-10(2)14-9-11(7-8-19(14)16(21)22)15(20)18-13-5-3-12(17)4-6-13/h3-6,10-11,14H,7-9H2,1-2H3,(H,18,20)(H,21,22). The molecule has 0 saturated carbocycles. The van der Waals surface area contributed by atoms with Crippen molar-refractivity contribution < 1.29 is 14.7 Å². The number of hydrogen-bond acceptors (Lipinski definition) is 2. The number of hydrogen-bond donors (Lipinski definition) is 2. The highest BCUT2D eigenvalue weighted by molar-refractivity contribution is 9.10. The van der Waals surface area contributed by atoms with Crippen molar-refractivity contribution in [1.29, 1.82) is 0 Å². The average Bonchev–Trinajstić information content (AvgIpc) is 2.48. The predicted octanol–water partition coefficient (Wildman–Crippen LogP) is 3.80. The summed E-state index contributed by atoms with van der Waals surface area (Å²) in [7, 11) is 0. The van der Waals surface area contributed by atoms with Crippen molar-refractivity contribution in [2.75, 3.05) is 11.9 Å². The number of rotatable bonds is 3. The molecule has 1 aromatic carbocycles. The molecule has 0 bridgehead atoms. The Morgan fingerprint density at radius 1 is 1.32 bits per heavy atom. The fourth-order valence-corrected chi connectivity index (χ4v) is 3.15. The zero-order chi connectivity index (χ0) is 16.3. The second kappa shape index (κ2) is 7.13. The molecule has 0 spiro atoms. The van der Waals surface area contributed by atoms with Crippen LogP contribution in [0.2, 0.25) is 0 Å². The maximum absolute atomic E-state index is 12.4. The van der Waals surface area contributed by atoms with Crippen molar-refractivity contribution >= 4 is 33.6 Å². The molecular formula is C16H21BrN2O3. The molecule has 6 heteroatoms. The smallest absolute Gasteiger partial charge is 0.407 e. The molecule has 2 unspecified atom stereocenters. The predicted molar refractivity (Wildman–Crippen MR) is 88.9 cm³/mol. The minimum atomic E-state index is -0.898. The third-order valence-electron chi connectivity index (χ3n) is 4.14. The monoisotopic (exact) mass is 368 g/mol. The summed E-state index contributed by atoms with van der Waals surface area (Å²) in [4.78, 5) is 25.2. The van der Waals surface area contributed by atoms with Gasteiger partial charge in [0.25, 0.3) is 0 Å². The van der Waals surface area contributed by atoms with Gasteiger partial charge in [0, 0.05) is 28.7 Å². The zero-order valence-corrected chi connectivity index (χ0v) is 14.3. The topological polar surface area (TPSA) is 69.6 Å². The molecule has 1 saturated heterocycles. The van der Waals surface area contributed by atoms with E-state index >= 15 is 0 Å². The van der Waals surface area contributed by atoms with Crippen LogP contribution < -0.4 is 5.32 Å². The number of carbonyl (C=O) groups excluding carboxylic acids is 1. The highest BCUT2D eigenvalue weighted by atomic mass is 79.9.